The molecule has 2 rings (SSSR count). The van der Waals surface area contributed by atoms with E-state index >= 15 is 0 Å². The van der Waals surface area contributed by atoms with Crippen LogP contribution in [0.25, 0.3) is 11.0 Å². The van der Waals surface area contributed by atoms with Gasteiger partial charge >= 0.3 is 0 Å². The molecule has 1 heterocycles. The van der Waals surface area contributed by atoms with Gasteiger partial charge in [0.25, 0.3) is 0 Å². The number of carbonyl (C=O) groups is 1. The van der Waals surface area contributed by atoms with Crippen LogP contribution in [0.3, 0.4) is 0 Å². The number of para-hydroxylation sites is 2. The first-order valence-electron chi connectivity index (χ1n) is 4.27. The summed E-state index contributed by atoms with van der Waals surface area (Å²) < 4.78 is 2.41. The van der Waals surface area contributed by atoms with Crippen LogP contribution in [0, 0.1) is 0 Å². The van der Waals surface area contributed by atoms with Gasteiger partial charge < -0.3 is 0 Å². The van der Waals surface area contributed by atoms with Gasteiger partial charge in [-0.3, -0.25) is 9.36 Å². The number of alkyl halides is 1. The van der Waals surface area contributed by atoms with Crippen LogP contribution in [0.5, 0.6) is 0 Å². The fraction of sp³-hybridized carbons (Fsp3) is 0.200. The van der Waals surface area contributed by atoms with E-state index in [0.717, 1.165) is 21.3 Å². The van der Waals surface area contributed by atoms with E-state index in [9.17, 15) is 4.79 Å². The van der Waals surface area contributed by atoms with E-state index < -0.39 is 0 Å². The molecule has 0 aliphatic carbocycles. The molecule has 0 bridgehead atoms. The summed E-state index contributed by atoms with van der Waals surface area (Å²) >= 11 is 2.21. The number of hydrogen-bond donors (Lipinski definition) is 0. The predicted molar refractivity (Wildman–Crippen MR) is 63.8 cm³/mol. The molecular formula is C10H9IN2O. The van der Waals surface area contributed by atoms with Gasteiger partial charge in [-0.05, 0) is 12.1 Å². The van der Waals surface area contributed by atoms with Crippen molar-refractivity contribution >= 4 is 39.5 Å². The molecule has 3 nitrogen and oxygen atoms in total. The molecule has 0 N–H and O–H groups in total. The minimum Gasteiger partial charge on any atom is -0.274 e. The molecule has 0 saturated carbocycles. The van der Waals surface area contributed by atoms with Crippen LogP contribution in [0.15, 0.2) is 24.3 Å². The van der Waals surface area contributed by atoms with Crippen molar-refractivity contribution in [2.75, 3.05) is 0 Å². The first kappa shape index (κ1) is 9.64. The Morgan fingerprint density at radius 3 is 2.86 bits per heavy atom. The first-order valence-corrected chi connectivity index (χ1v) is 5.80. The van der Waals surface area contributed by atoms with E-state index in [4.69, 9.17) is 0 Å². The lowest BCUT2D eigenvalue weighted by Gasteiger charge is -2.00. The Bertz CT molecular complexity index is 490. The van der Waals surface area contributed by atoms with Gasteiger partial charge in [0.1, 0.15) is 5.82 Å². The van der Waals surface area contributed by atoms with Crippen molar-refractivity contribution < 1.29 is 4.79 Å². The van der Waals surface area contributed by atoms with E-state index in [-0.39, 0.29) is 5.91 Å². The third-order valence-electron chi connectivity index (χ3n) is 2.06. The molecule has 1 aromatic heterocycles. The summed E-state index contributed by atoms with van der Waals surface area (Å²) in [6.07, 6.45) is 0. The predicted octanol–water partition coefficient (Wildman–Crippen LogP) is 2.63. The fourth-order valence-corrected chi connectivity index (χ4v) is 2.03. The highest BCUT2D eigenvalue weighted by molar-refractivity contribution is 14.1. The van der Waals surface area contributed by atoms with Gasteiger partial charge in [0, 0.05) is 6.92 Å². The minimum atomic E-state index is 0.0189. The number of rotatable bonds is 1. The van der Waals surface area contributed by atoms with Crippen molar-refractivity contribution in [1.82, 2.24) is 9.55 Å². The third kappa shape index (κ3) is 1.43. The normalized spacial score (nSPS) is 10.7. The van der Waals surface area contributed by atoms with Gasteiger partial charge in [-0.25, -0.2) is 4.98 Å². The van der Waals surface area contributed by atoms with E-state index in [2.05, 4.69) is 27.6 Å². The van der Waals surface area contributed by atoms with E-state index in [0.29, 0.717) is 0 Å². The van der Waals surface area contributed by atoms with Gasteiger partial charge in [-0.1, -0.05) is 34.7 Å². The molecular weight excluding hydrogens is 291 g/mol. The van der Waals surface area contributed by atoms with Crippen LogP contribution in [0.4, 0.5) is 0 Å². The average Bonchev–Trinajstić information content (AvgIpc) is 2.55. The molecule has 0 spiro atoms. The van der Waals surface area contributed by atoms with Gasteiger partial charge in [0.05, 0.1) is 15.5 Å². The summed E-state index contributed by atoms with van der Waals surface area (Å²) in [5.74, 6) is 0.838. The molecule has 4 heteroatoms. The average molecular weight is 300 g/mol. The molecule has 0 aliphatic rings. The highest BCUT2D eigenvalue weighted by Crippen LogP contribution is 2.17. The summed E-state index contributed by atoms with van der Waals surface area (Å²) in [5, 5.41) is 0. The lowest BCUT2D eigenvalue weighted by atomic mass is 10.3. The smallest absolute Gasteiger partial charge is 0.229 e. The van der Waals surface area contributed by atoms with Crippen LogP contribution in [0.1, 0.15) is 17.5 Å². The summed E-state index contributed by atoms with van der Waals surface area (Å²) in [4.78, 5) is 15.8. The van der Waals surface area contributed by atoms with Gasteiger partial charge in [-0.15, -0.1) is 0 Å². The minimum absolute atomic E-state index is 0.0189. The first-order chi connectivity index (χ1) is 6.74. The quantitative estimate of drug-likeness (QED) is 0.599. The van der Waals surface area contributed by atoms with Crippen molar-refractivity contribution in [1.29, 1.82) is 0 Å². The molecule has 0 aliphatic heterocycles. The van der Waals surface area contributed by atoms with Crippen LogP contribution < -0.4 is 0 Å². The molecule has 14 heavy (non-hydrogen) atoms. The molecule has 0 saturated heterocycles. The fourth-order valence-electron chi connectivity index (χ4n) is 1.52. The maximum Gasteiger partial charge on any atom is 0.229 e. The molecule has 0 atom stereocenters. The molecule has 1 aromatic carbocycles. The van der Waals surface area contributed by atoms with Gasteiger partial charge in [-0.2, -0.15) is 0 Å². The largest absolute Gasteiger partial charge is 0.274 e. The number of hydrogen-bond acceptors (Lipinski definition) is 2. The lowest BCUT2D eigenvalue weighted by Crippen LogP contribution is -2.08. The number of halogens is 1. The number of benzene rings is 1. The van der Waals surface area contributed by atoms with Crippen LogP contribution in [-0.2, 0) is 4.43 Å². The monoisotopic (exact) mass is 300 g/mol. The van der Waals surface area contributed by atoms with Crippen molar-refractivity contribution in [3.05, 3.63) is 30.1 Å². The second-order valence-corrected chi connectivity index (χ2v) is 3.77. The Labute approximate surface area is 95.3 Å². The van der Waals surface area contributed by atoms with E-state index in [1.165, 1.54) is 0 Å². The number of aromatic nitrogens is 2. The topological polar surface area (TPSA) is 34.9 Å². The van der Waals surface area contributed by atoms with Crippen LogP contribution in [0.2, 0.25) is 0 Å². The number of imidazole rings is 1. The summed E-state index contributed by atoms with van der Waals surface area (Å²) in [7, 11) is 0. The molecule has 0 fully saturated rings. The lowest BCUT2D eigenvalue weighted by molar-refractivity contribution is 0.0939. The Morgan fingerprint density at radius 1 is 1.50 bits per heavy atom. The second kappa shape index (κ2) is 3.68. The maximum absolute atomic E-state index is 11.4. The highest BCUT2D eigenvalue weighted by Gasteiger charge is 2.11. The van der Waals surface area contributed by atoms with Crippen LogP contribution >= 0.6 is 22.6 Å². The van der Waals surface area contributed by atoms with E-state index in [1.54, 1.807) is 11.5 Å². The molecule has 0 amide bonds. The SMILES string of the molecule is CC(=O)n1c(CI)nc2ccccc21. The zero-order chi connectivity index (χ0) is 10.1. The summed E-state index contributed by atoms with van der Waals surface area (Å²) in [6.45, 7) is 1.56. The number of carbonyl (C=O) groups excluding carboxylic acids is 1. The Morgan fingerprint density at radius 2 is 2.21 bits per heavy atom. The number of fused-ring (bicyclic) bond motifs is 1. The van der Waals surface area contributed by atoms with Crippen LogP contribution in [-0.4, -0.2) is 15.5 Å². The Hall–Kier alpha value is -0.910. The van der Waals surface area contributed by atoms with E-state index in [1.807, 2.05) is 24.3 Å². The summed E-state index contributed by atoms with van der Waals surface area (Å²) in [6, 6.07) is 7.68. The highest BCUT2D eigenvalue weighted by atomic mass is 127. The third-order valence-corrected chi connectivity index (χ3v) is 2.75. The Balaban J connectivity index is 2.81. The zero-order valence-corrected chi connectivity index (χ0v) is 9.85. The molecule has 0 unspecified atom stereocenters. The van der Waals surface area contributed by atoms with Crippen molar-refractivity contribution in [3.63, 3.8) is 0 Å². The Kier molecular flexibility index (Phi) is 2.54. The van der Waals surface area contributed by atoms with Gasteiger partial charge in [0.2, 0.25) is 5.91 Å². The van der Waals surface area contributed by atoms with Crippen molar-refractivity contribution in [2.45, 2.75) is 11.4 Å². The zero-order valence-electron chi connectivity index (χ0n) is 7.70. The second-order valence-electron chi connectivity index (χ2n) is 3.00. The van der Waals surface area contributed by atoms with Crippen molar-refractivity contribution in [3.8, 4) is 0 Å². The van der Waals surface area contributed by atoms with Gasteiger partial charge in [0.15, 0.2) is 0 Å². The molecule has 0 radical (unpaired) electrons. The standard InChI is InChI=1S/C10H9IN2O/c1-7(14)13-9-5-3-2-4-8(9)12-10(13)6-11/h2-5H,6H2,1H3. The summed E-state index contributed by atoms with van der Waals surface area (Å²) in [5.41, 5.74) is 1.78. The molecule has 2 aromatic rings. The van der Waals surface area contributed by atoms with Crippen molar-refractivity contribution in [2.24, 2.45) is 0 Å². The maximum atomic E-state index is 11.4. The number of nitrogens with zero attached hydrogens (tertiary/aromatic N) is 2. The molecule has 72 valence electrons.